The standard InChI is InChI=1S/C14H16N2O3/c1-3-10(2)15-14(19)16-12-7-4-11(5-8-12)6-9-13(17)18/h3-10H,1H2,2H3,(H,17,18)(H2,15,16,19)/b9-6+. The Bertz CT molecular complexity index is 492. The van der Waals surface area contributed by atoms with Crippen LogP contribution in [0.5, 0.6) is 0 Å². The highest BCUT2D eigenvalue weighted by Gasteiger charge is 2.03. The summed E-state index contributed by atoms with van der Waals surface area (Å²) in [5, 5.41) is 13.8. The summed E-state index contributed by atoms with van der Waals surface area (Å²) < 4.78 is 0. The summed E-state index contributed by atoms with van der Waals surface area (Å²) in [5.74, 6) is -1.00. The number of aliphatic carboxylic acids is 1. The highest BCUT2D eigenvalue weighted by molar-refractivity contribution is 5.90. The van der Waals surface area contributed by atoms with Crippen LogP contribution in [0.2, 0.25) is 0 Å². The molecule has 19 heavy (non-hydrogen) atoms. The van der Waals surface area contributed by atoms with Crippen LogP contribution < -0.4 is 10.6 Å². The minimum atomic E-state index is -1.00. The smallest absolute Gasteiger partial charge is 0.328 e. The second-order valence-electron chi connectivity index (χ2n) is 3.92. The van der Waals surface area contributed by atoms with Gasteiger partial charge >= 0.3 is 12.0 Å². The van der Waals surface area contributed by atoms with Gasteiger partial charge in [-0.05, 0) is 30.7 Å². The van der Waals surface area contributed by atoms with Crippen molar-refractivity contribution in [2.75, 3.05) is 5.32 Å². The van der Waals surface area contributed by atoms with Crippen molar-refractivity contribution in [3.63, 3.8) is 0 Å². The molecule has 0 spiro atoms. The fourth-order valence-corrected chi connectivity index (χ4v) is 1.28. The Balaban J connectivity index is 2.59. The minimum absolute atomic E-state index is 0.113. The average Bonchev–Trinajstić information content (AvgIpc) is 2.37. The molecule has 5 nitrogen and oxygen atoms in total. The SMILES string of the molecule is C=CC(C)NC(=O)Nc1ccc(/C=C/C(=O)O)cc1. The van der Waals surface area contributed by atoms with Crippen LogP contribution in [0.3, 0.4) is 0 Å². The molecule has 0 bridgehead atoms. The van der Waals surface area contributed by atoms with E-state index < -0.39 is 5.97 Å². The quantitative estimate of drug-likeness (QED) is 0.562. The van der Waals surface area contributed by atoms with E-state index in [0.29, 0.717) is 5.69 Å². The maximum absolute atomic E-state index is 11.5. The van der Waals surface area contributed by atoms with Gasteiger partial charge in [-0.15, -0.1) is 6.58 Å². The number of amides is 2. The van der Waals surface area contributed by atoms with Crippen molar-refractivity contribution in [3.8, 4) is 0 Å². The second kappa shape index (κ2) is 7.00. The predicted octanol–water partition coefficient (Wildman–Crippen LogP) is 2.48. The van der Waals surface area contributed by atoms with Crippen LogP contribution in [0.4, 0.5) is 10.5 Å². The van der Waals surface area contributed by atoms with Crippen LogP contribution in [0.1, 0.15) is 12.5 Å². The summed E-state index contributed by atoms with van der Waals surface area (Å²) in [7, 11) is 0. The normalized spacial score (nSPS) is 11.8. The topological polar surface area (TPSA) is 78.4 Å². The first-order valence-electron chi connectivity index (χ1n) is 5.72. The Morgan fingerprint density at radius 3 is 2.47 bits per heavy atom. The molecule has 0 aliphatic rings. The van der Waals surface area contributed by atoms with Crippen molar-refractivity contribution in [1.82, 2.24) is 5.32 Å². The molecule has 5 heteroatoms. The maximum atomic E-state index is 11.5. The Hall–Kier alpha value is -2.56. The van der Waals surface area contributed by atoms with Crippen molar-refractivity contribution in [3.05, 3.63) is 48.6 Å². The van der Waals surface area contributed by atoms with Crippen molar-refractivity contribution in [1.29, 1.82) is 0 Å². The van der Waals surface area contributed by atoms with Gasteiger partial charge in [0, 0.05) is 17.8 Å². The number of carboxylic acids is 1. The van der Waals surface area contributed by atoms with E-state index in [1.54, 1.807) is 30.3 Å². The van der Waals surface area contributed by atoms with Crippen LogP contribution in [0.25, 0.3) is 6.08 Å². The fraction of sp³-hybridized carbons (Fsp3) is 0.143. The predicted molar refractivity (Wildman–Crippen MR) is 74.9 cm³/mol. The number of urea groups is 1. The molecule has 1 aromatic rings. The van der Waals surface area contributed by atoms with Crippen molar-refractivity contribution in [2.45, 2.75) is 13.0 Å². The number of carbonyl (C=O) groups is 2. The molecule has 0 aliphatic heterocycles. The Morgan fingerprint density at radius 1 is 1.32 bits per heavy atom. The molecule has 0 aliphatic carbocycles. The fourth-order valence-electron chi connectivity index (χ4n) is 1.28. The third-order valence-electron chi connectivity index (χ3n) is 2.30. The van der Waals surface area contributed by atoms with Crippen molar-refractivity contribution < 1.29 is 14.7 Å². The zero-order valence-corrected chi connectivity index (χ0v) is 10.6. The second-order valence-corrected chi connectivity index (χ2v) is 3.92. The zero-order valence-electron chi connectivity index (χ0n) is 10.6. The summed E-state index contributed by atoms with van der Waals surface area (Å²) in [6.07, 6.45) is 4.16. The number of carboxylic acid groups (broad SMARTS) is 1. The van der Waals surface area contributed by atoms with E-state index in [9.17, 15) is 9.59 Å². The summed E-state index contributed by atoms with van der Waals surface area (Å²) in [5.41, 5.74) is 1.37. The van der Waals surface area contributed by atoms with Crippen LogP contribution in [-0.4, -0.2) is 23.1 Å². The lowest BCUT2D eigenvalue weighted by Crippen LogP contribution is -2.34. The van der Waals surface area contributed by atoms with Gasteiger partial charge in [0.25, 0.3) is 0 Å². The van der Waals surface area contributed by atoms with Gasteiger partial charge in [-0.25, -0.2) is 9.59 Å². The first-order chi connectivity index (χ1) is 9.01. The molecule has 1 rings (SSSR count). The van der Waals surface area contributed by atoms with Crippen molar-refractivity contribution >= 4 is 23.8 Å². The zero-order chi connectivity index (χ0) is 14.3. The van der Waals surface area contributed by atoms with E-state index in [1.807, 2.05) is 6.92 Å². The van der Waals surface area contributed by atoms with Crippen LogP contribution in [0.15, 0.2) is 43.0 Å². The third kappa shape index (κ3) is 5.54. The maximum Gasteiger partial charge on any atom is 0.328 e. The molecule has 0 aromatic heterocycles. The van der Waals surface area contributed by atoms with E-state index in [1.165, 1.54) is 6.08 Å². The largest absolute Gasteiger partial charge is 0.478 e. The highest BCUT2D eigenvalue weighted by Crippen LogP contribution is 2.10. The van der Waals surface area contributed by atoms with Gasteiger partial charge in [0.1, 0.15) is 0 Å². The summed E-state index contributed by atoms with van der Waals surface area (Å²) in [6, 6.07) is 6.39. The van der Waals surface area contributed by atoms with Gasteiger partial charge < -0.3 is 15.7 Å². The molecule has 0 saturated carbocycles. The molecule has 2 amide bonds. The molecule has 100 valence electrons. The number of rotatable bonds is 5. The van der Waals surface area contributed by atoms with E-state index in [-0.39, 0.29) is 12.1 Å². The number of nitrogens with one attached hydrogen (secondary N) is 2. The molecule has 3 N–H and O–H groups in total. The van der Waals surface area contributed by atoms with Gasteiger partial charge in [0.05, 0.1) is 0 Å². The number of hydrogen-bond donors (Lipinski definition) is 3. The minimum Gasteiger partial charge on any atom is -0.478 e. The molecular formula is C14H16N2O3. The first-order valence-corrected chi connectivity index (χ1v) is 5.72. The van der Waals surface area contributed by atoms with Gasteiger partial charge in [-0.2, -0.15) is 0 Å². The molecule has 0 saturated heterocycles. The third-order valence-corrected chi connectivity index (χ3v) is 2.30. The lowest BCUT2D eigenvalue weighted by molar-refractivity contribution is -0.131. The Kier molecular flexibility index (Phi) is 5.35. The van der Waals surface area contributed by atoms with E-state index in [4.69, 9.17) is 5.11 Å². The molecule has 0 heterocycles. The molecule has 0 fully saturated rings. The summed E-state index contributed by atoms with van der Waals surface area (Å²) >= 11 is 0. The number of benzene rings is 1. The van der Waals surface area contributed by atoms with Crippen LogP contribution in [0, 0.1) is 0 Å². The molecule has 1 atom stereocenters. The van der Waals surface area contributed by atoms with E-state index in [2.05, 4.69) is 17.2 Å². The highest BCUT2D eigenvalue weighted by atomic mass is 16.4. The molecule has 0 radical (unpaired) electrons. The van der Waals surface area contributed by atoms with Gasteiger partial charge in [-0.3, -0.25) is 0 Å². The monoisotopic (exact) mass is 260 g/mol. The number of hydrogen-bond acceptors (Lipinski definition) is 2. The Labute approximate surface area is 111 Å². The van der Waals surface area contributed by atoms with Gasteiger partial charge in [0.15, 0.2) is 0 Å². The van der Waals surface area contributed by atoms with Gasteiger partial charge in [-0.1, -0.05) is 18.2 Å². The summed E-state index contributed by atoms with van der Waals surface area (Å²) in [6.45, 7) is 5.38. The lowest BCUT2D eigenvalue weighted by atomic mass is 10.2. The molecular weight excluding hydrogens is 244 g/mol. The van der Waals surface area contributed by atoms with Crippen molar-refractivity contribution in [2.24, 2.45) is 0 Å². The first kappa shape index (κ1) is 14.5. The average molecular weight is 260 g/mol. The number of carbonyl (C=O) groups excluding carboxylic acids is 1. The lowest BCUT2D eigenvalue weighted by Gasteiger charge is -2.10. The van der Waals surface area contributed by atoms with E-state index in [0.717, 1.165) is 11.6 Å². The van der Waals surface area contributed by atoms with Crippen LogP contribution >= 0.6 is 0 Å². The van der Waals surface area contributed by atoms with Gasteiger partial charge in [0.2, 0.25) is 0 Å². The Morgan fingerprint density at radius 2 is 1.95 bits per heavy atom. The van der Waals surface area contributed by atoms with E-state index >= 15 is 0 Å². The van der Waals surface area contributed by atoms with Crippen LogP contribution in [-0.2, 0) is 4.79 Å². The molecule has 1 unspecified atom stereocenters. The summed E-state index contributed by atoms with van der Waals surface area (Å²) in [4.78, 5) is 21.9. The molecule has 1 aromatic carbocycles. The number of anilines is 1.